The number of nitrogens with one attached hydrogen (secondary N) is 1. The maximum atomic E-state index is 11.6. The number of rotatable bonds is 3. The van der Waals surface area contributed by atoms with E-state index in [2.05, 4.69) is 35.2 Å². The summed E-state index contributed by atoms with van der Waals surface area (Å²) in [5.74, 6) is -0.110. The minimum absolute atomic E-state index is 0.110. The van der Waals surface area contributed by atoms with Gasteiger partial charge in [0.25, 0.3) is 0 Å². The zero-order chi connectivity index (χ0) is 15.0. The van der Waals surface area contributed by atoms with Gasteiger partial charge in [-0.05, 0) is 31.5 Å². The summed E-state index contributed by atoms with van der Waals surface area (Å²) in [7, 11) is 2.14. The number of carbonyl (C=O) groups excluding carboxylic acids is 1. The third kappa shape index (κ3) is 2.63. The number of nitrogens with zero attached hydrogens (tertiary/aromatic N) is 2. The molecule has 0 saturated carbocycles. The van der Waals surface area contributed by atoms with E-state index in [4.69, 9.17) is 5.73 Å². The second-order valence-electron chi connectivity index (χ2n) is 6.01. The molecule has 21 heavy (non-hydrogen) atoms. The molecule has 5 nitrogen and oxygen atoms in total. The summed E-state index contributed by atoms with van der Waals surface area (Å²) in [4.78, 5) is 16.5. The van der Waals surface area contributed by atoms with Gasteiger partial charge in [0.1, 0.15) is 6.04 Å². The summed E-state index contributed by atoms with van der Waals surface area (Å²) in [6.45, 7) is 5.69. The summed E-state index contributed by atoms with van der Waals surface area (Å²) >= 11 is 0. The van der Waals surface area contributed by atoms with Crippen LogP contribution in [0, 0.1) is 0 Å². The number of carbonyl (C=O) groups is 1. The predicted octanol–water partition coefficient (Wildman–Crippen LogP) is 1.56. The van der Waals surface area contributed by atoms with Crippen molar-refractivity contribution in [1.82, 2.24) is 4.90 Å². The minimum atomic E-state index is -0.521. The van der Waals surface area contributed by atoms with Gasteiger partial charge in [0.15, 0.2) is 0 Å². The second kappa shape index (κ2) is 5.66. The molecule has 2 heterocycles. The third-order valence-corrected chi connectivity index (χ3v) is 4.87. The van der Waals surface area contributed by atoms with Crippen molar-refractivity contribution in [1.29, 1.82) is 0 Å². The van der Waals surface area contributed by atoms with Crippen LogP contribution in [0.15, 0.2) is 18.2 Å². The van der Waals surface area contributed by atoms with Gasteiger partial charge in [-0.2, -0.15) is 0 Å². The van der Waals surface area contributed by atoms with Crippen LogP contribution in [0.1, 0.15) is 31.4 Å². The highest BCUT2D eigenvalue weighted by Crippen LogP contribution is 2.33. The molecule has 1 atom stereocenters. The van der Waals surface area contributed by atoms with Crippen LogP contribution < -0.4 is 16.0 Å². The van der Waals surface area contributed by atoms with E-state index < -0.39 is 6.04 Å². The van der Waals surface area contributed by atoms with Gasteiger partial charge in [-0.15, -0.1) is 0 Å². The number of hydrogen-bond acceptors (Lipinski definition) is 4. The van der Waals surface area contributed by atoms with E-state index in [1.54, 1.807) is 0 Å². The Kier molecular flexibility index (Phi) is 3.87. The van der Waals surface area contributed by atoms with Gasteiger partial charge in [-0.25, -0.2) is 0 Å². The lowest BCUT2D eigenvalue weighted by atomic mass is 10.0. The maximum Gasteiger partial charge on any atom is 0.245 e. The second-order valence-corrected chi connectivity index (χ2v) is 6.01. The number of benzene rings is 1. The summed E-state index contributed by atoms with van der Waals surface area (Å²) in [6.07, 6.45) is 2.38. The van der Waals surface area contributed by atoms with Gasteiger partial charge >= 0.3 is 0 Å². The lowest BCUT2D eigenvalue weighted by Gasteiger charge is -2.37. The van der Waals surface area contributed by atoms with E-state index in [0.29, 0.717) is 6.04 Å². The van der Waals surface area contributed by atoms with Gasteiger partial charge in [-0.3, -0.25) is 4.79 Å². The van der Waals surface area contributed by atoms with Crippen LogP contribution in [-0.2, 0) is 4.79 Å². The van der Waals surface area contributed by atoms with Crippen molar-refractivity contribution in [2.75, 3.05) is 36.9 Å². The lowest BCUT2D eigenvalue weighted by Crippen LogP contribution is -2.43. The van der Waals surface area contributed by atoms with E-state index in [-0.39, 0.29) is 5.91 Å². The zero-order valence-electron chi connectivity index (χ0n) is 12.8. The molecule has 1 aromatic carbocycles. The van der Waals surface area contributed by atoms with Crippen LogP contribution in [0.5, 0.6) is 0 Å². The van der Waals surface area contributed by atoms with Crippen molar-refractivity contribution in [3.63, 3.8) is 0 Å². The van der Waals surface area contributed by atoms with Crippen molar-refractivity contribution in [2.24, 2.45) is 5.73 Å². The Morgan fingerprint density at radius 3 is 2.76 bits per heavy atom. The Morgan fingerprint density at radius 2 is 2.10 bits per heavy atom. The van der Waals surface area contributed by atoms with Gasteiger partial charge in [0.2, 0.25) is 5.91 Å². The molecule has 2 aliphatic heterocycles. The van der Waals surface area contributed by atoms with Crippen molar-refractivity contribution in [2.45, 2.75) is 31.8 Å². The Labute approximate surface area is 126 Å². The maximum absolute atomic E-state index is 11.6. The van der Waals surface area contributed by atoms with E-state index in [0.717, 1.165) is 36.6 Å². The number of anilines is 2. The highest BCUT2D eigenvalue weighted by molar-refractivity contribution is 6.02. The van der Waals surface area contributed by atoms with Crippen molar-refractivity contribution in [3.8, 4) is 0 Å². The number of likely N-dealkylation sites (tertiary alicyclic amines) is 1. The van der Waals surface area contributed by atoms with Gasteiger partial charge in [0.05, 0.1) is 0 Å². The van der Waals surface area contributed by atoms with Crippen LogP contribution in [0.3, 0.4) is 0 Å². The van der Waals surface area contributed by atoms with E-state index in [9.17, 15) is 4.79 Å². The quantitative estimate of drug-likeness (QED) is 0.886. The Balaban J connectivity index is 1.73. The number of amides is 1. The lowest BCUT2D eigenvalue weighted by molar-refractivity contribution is -0.116. The third-order valence-electron chi connectivity index (χ3n) is 4.87. The molecule has 3 N–H and O–H groups in total. The molecule has 0 spiro atoms. The average Bonchev–Trinajstić information content (AvgIpc) is 2.81. The highest BCUT2D eigenvalue weighted by Gasteiger charge is 2.28. The first kappa shape index (κ1) is 14.4. The number of nitrogens with two attached hydrogens (primary N) is 1. The molecule has 1 saturated heterocycles. The fourth-order valence-corrected chi connectivity index (χ4v) is 3.33. The molecule has 114 valence electrons. The Hall–Kier alpha value is -1.59. The van der Waals surface area contributed by atoms with Gasteiger partial charge in [-0.1, -0.05) is 13.0 Å². The fourth-order valence-electron chi connectivity index (χ4n) is 3.33. The molecule has 5 heteroatoms. The van der Waals surface area contributed by atoms with Crippen LogP contribution in [-0.4, -0.2) is 43.5 Å². The smallest absolute Gasteiger partial charge is 0.245 e. The zero-order valence-corrected chi connectivity index (χ0v) is 12.8. The predicted molar refractivity (Wildman–Crippen MR) is 85.5 cm³/mol. The number of hydrogen-bond donors (Lipinski definition) is 2. The average molecular weight is 288 g/mol. The molecular weight excluding hydrogens is 264 g/mol. The molecule has 0 bridgehead atoms. The minimum Gasteiger partial charge on any atom is -0.371 e. The van der Waals surface area contributed by atoms with Gasteiger partial charge < -0.3 is 20.9 Å². The van der Waals surface area contributed by atoms with E-state index >= 15 is 0 Å². The molecule has 0 aliphatic carbocycles. The molecule has 1 aromatic rings. The van der Waals surface area contributed by atoms with Crippen molar-refractivity contribution in [3.05, 3.63) is 23.8 Å². The van der Waals surface area contributed by atoms with Gasteiger partial charge in [0, 0.05) is 43.1 Å². The monoisotopic (exact) mass is 288 g/mol. The van der Waals surface area contributed by atoms with Crippen LogP contribution in [0.4, 0.5) is 11.4 Å². The first-order chi connectivity index (χ1) is 10.1. The molecule has 1 amide bonds. The molecule has 3 rings (SSSR count). The number of fused-ring (bicyclic) bond motifs is 1. The largest absolute Gasteiger partial charge is 0.371 e. The molecule has 0 aromatic heterocycles. The summed E-state index contributed by atoms with van der Waals surface area (Å²) in [5, 5.41) is 2.86. The molecule has 0 radical (unpaired) electrons. The molecular formula is C16H24N4O. The summed E-state index contributed by atoms with van der Waals surface area (Å²) in [5.41, 5.74) is 8.77. The van der Waals surface area contributed by atoms with Crippen LogP contribution >= 0.6 is 0 Å². The standard InChI is InChI=1S/C16H24N4O/c1-3-20-8-6-11(7-9-20)19(2)12-4-5-13-14(10-12)18-16(21)15(13)17/h4-5,10-11,15H,3,6-9,17H2,1-2H3,(H,18,21). The highest BCUT2D eigenvalue weighted by atomic mass is 16.2. The number of piperidine rings is 1. The Bertz CT molecular complexity index is 537. The SMILES string of the molecule is CCN1CCC(N(C)c2ccc3c(c2)NC(=O)C3N)CC1. The molecule has 1 unspecified atom stereocenters. The molecule has 2 aliphatic rings. The summed E-state index contributed by atoms with van der Waals surface area (Å²) < 4.78 is 0. The molecule has 1 fully saturated rings. The topological polar surface area (TPSA) is 61.6 Å². The van der Waals surface area contributed by atoms with E-state index in [1.165, 1.54) is 12.8 Å². The first-order valence-electron chi connectivity index (χ1n) is 7.75. The normalized spacial score (nSPS) is 23.0. The fraction of sp³-hybridized carbons (Fsp3) is 0.562. The summed E-state index contributed by atoms with van der Waals surface area (Å²) in [6, 6.07) is 6.14. The van der Waals surface area contributed by atoms with Crippen LogP contribution in [0.2, 0.25) is 0 Å². The van der Waals surface area contributed by atoms with Crippen molar-refractivity contribution >= 4 is 17.3 Å². The van der Waals surface area contributed by atoms with E-state index in [1.807, 2.05) is 12.1 Å². The Morgan fingerprint density at radius 1 is 1.38 bits per heavy atom. The first-order valence-corrected chi connectivity index (χ1v) is 7.75. The van der Waals surface area contributed by atoms with Crippen LogP contribution in [0.25, 0.3) is 0 Å². The van der Waals surface area contributed by atoms with Crippen molar-refractivity contribution < 1.29 is 4.79 Å².